The van der Waals surface area contributed by atoms with Crippen molar-refractivity contribution >= 4 is 21.8 Å². The average Bonchev–Trinajstić information content (AvgIpc) is 2.49. The summed E-state index contributed by atoms with van der Waals surface area (Å²) in [6.07, 6.45) is -4.46. The fraction of sp³-hybridized carbons (Fsp3) is 0.235. The molecule has 0 radical (unpaired) electrons. The number of benzene rings is 2. The molecule has 2 aromatic rings. The Morgan fingerprint density at radius 1 is 1.09 bits per heavy atom. The highest BCUT2D eigenvalue weighted by atomic mass is 79.9. The van der Waals surface area contributed by atoms with E-state index in [1.54, 1.807) is 7.05 Å². The fourth-order valence-electron chi connectivity index (χ4n) is 2.12. The lowest BCUT2D eigenvalue weighted by Crippen LogP contribution is -2.27. The minimum atomic E-state index is -4.40. The van der Waals surface area contributed by atoms with Crippen molar-refractivity contribution in [2.24, 2.45) is 0 Å². The van der Waals surface area contributed by atoms with E-state index in [4.69, 9.17) is 0 Å². The molecule has 0 saturated carbocycles. The molecule has 0 aliphatic rings. The number of rotatable bonds is 4. The van der Waals surface area contributed by atoms with Crippen LogP contribution in [0.25, 0.3) is 0 Å². The molecule has 0 unspecified atom stereocenters. The SMILES string of the molecule is CN(Cc1ccc(Br)cc1)C(=O)Cc1cccc(C(F)(F)F)c1. The van der Waals surface area contributed by atoms with Gasteiger partial charge in [-0.25, -0.2) is 0 Å². The highest BCUT2D eigenvalue weighted by Gasteiger charge is 2.30. The first-order valence-corrected chi connectivity index (χ1v) is 7.69. The number of halogens is 4. The van der Waals surface area contributed by atoms with Gasteiger partial charge in [-0.3, -0.25) is 4.79 Å². The Balaban J connectivity index is 2.02. The quantitative estimate of drug-likeness (QED) is 0.748. The van der Waals surface area contributed by atoms with E-state index < -0.39 is 11.7 Å². The lowest BCUT2D eigenvalue weighted by Gasteiger charge is -2.18. The van der Waals surface area contributed by atoms with Gasteiger partial charge in [0.2, 0.25) is 5.91 Å². The molecule has 122 valence electrons. The summed E-state index contributed by atoms with van der Waals surface area (Å²) in [5.74, 6) is -0.229. The number of nitrogens with zero attached hydrogens (tertiary/aromatic N) is 1. The molecule has 1 amide bonds. The number of hydrogen-bond donors (Lipinski definition) is 0. The summed E-state index contributed by atoms with van der Waals surface area (Å²) in [7, 11) is 1.64. The van der Waals surface area contributed by atoms with Crippen molar-refractivity contribution < 1.29 is 18.0 Å². The number of alkyl halides is 3. The standard InChI is InChI=1S/C17H15BrF3NO/c1-22(11-12-5-7-15(18)8-6-12)16(23)10-13-3-2-4-14(9-13)17(19,20)21/h2-9H,10-11H2,1H3. The zero-order valence-corrected chi connectivity index (χ0v) is 14.0. The van der Waals surface area contributed by atoms with Gasteiger partial charge in [0, 0.05) is 18.1 Å². The molecule has 0 N–H and O–H groups in total. The molecule has 0 heterocycles. The lowest BCUT2D eigenvalue weighted by molar-refractivity contribution is -0.138. The first-order valence-electron chi connectivity index (χ1n) is 6.90. The van der Waals surface area contributed by atoms with E-state index in [2.05, 4.69) is 15.9 Å². The van der Waals surface area contributed by atoms with Crippen LogP contribution in [0, 0.1) is 0 Å². The molecule has 0 aliphatic carbocycles. The van der Waals surface area contributed by atoms with Crippen molar-refractivity contribution in [3.63, 3.8) is 0 Å². The van der Waals surface area contributed by atoms with Crippen molar-refractivity contribution in [1.82, 2.24) is 4.90 Å². The van der Waals surface area contributed by atoms with Crippen LogP contribution in [0.15, 0.2) is 53.0 Å². The summed E-state index contributed by atoms with van der Waals surface area (Å²) in [4.78, 5) is 13.7. The summed E-state index contributed by atoms with van der Waals surface area (Å²) in [5, 5.41) is 0. The molecule has 0 fully saturated rings. The van der Waals surface area contributed by atoms with Crippen LogP contribution in [-0.2, 0) is 23.9 Å². The van der Waals surface area contributed by atoms with Gasteiger partial charge in [0.05, 0.1) is 12.0 Å². The van der Waals surface area contributed by atoms with Crippen LogP contribution in [0.3, 0.4) is 0 Å². The van der Waals surface area contributed by atoms with E-state index in [0.717, 1.165) is 22.2 Å². The van der Waals surface area contributed by atoms with Gasteiger partial charge in [-0.05, 0) is 29.3 Å². The first kappa shape index (κ1) is 17.5. The monoisotopic (exact) mass is 385 g/mol. The van der Waals surface area contributed by atoms with Crippen molar-refractivity contribution in [2.75, 3.05) is 7.05 Å². The third-order valence-corrected chi connectivity index (χ3v) is 3.90. The smallest absolute Gasteiger partial charge is 0.341 e. The largest absolute Gasteiger partial charge is 0.416 e. The average molecular weight is 386 g/mol. The molecule has 2 aromatic carbocycles. The lowest BCUT2D eigenvalue weighted by atomic mass is 10.1. The predicted molar refractivity (Wildman–Crippen MR) is 85.8 cm³/mol. The van der Waals surface area contributed by atoms with E-state index in [1.165, 1.54) is 17.0 Å². The summed E-state index contributed by atoms with van der Waals surface area (Å²) in [5.41, 5.74) is 0.568. The van der Waals surface area contributed by atoms with Crippen LogP contribution < -0.4 is 0 Å². The van der Waals surface area contributed by atoms with E-state index in [9.17, 15) is 18.0 Å². The van der Waals surface area contributed by atoms with Crippen LogP contribution in [0.1, 0.15) is 16.7 Å². The van der Waals surface area contributed by atoms with Crippen LogP contribution in [-0.4, -0.2) is 17.9 Å². The van der Waals surface area contributed by atoms with E-state index in [0.29, 0.717) is 12.1 Å². The maximum atomic E-state index is 12.7. The number of carbonyl (C=O) groups excluding carboxylic acids is 1. The van der Waals surface area contributed by atoms with Crippen LogP contribution in [0.4, 0.5) is 13.2 Å². The molecule has 0 saturated heterocycles. The van der Waals surface area contributed by atoms with E-state index in [1.807, 2.05) is 24.3 Å². The molecule has 23 heavy (non-hydrogen) atoms. The van der Waals surface area contributed by atoms with Gasteiger partial charge < -0.3 is 4.90 Å². The summed E-state index contributed by atoms with van der Waals surface area (Å²) in [6, 6.07) is 12.4. The van der Waals surface area contributed by atoms with Gasteiger partial charge in [0.25, 0.3) is 0 Å². The Kier molecular flexibility index (Phi) is 5.46. The van der Waals surface area contributed by atoms with Crippen molar-refractivity contribution in [3.05, 3.63) is 69.7 Å². The number of amides is 1. The Bertz CT molecular complexity index is 683. The third-order valence-electron chi connectivity index (χ3n) is 3.37. The molecule has 0 bridgehead atoms. The van der Waals surface area contributed by atoms with Gasteiger partial charge >= 0.3 is 6.18 Å². The van der Waals surface area contributed by atoms with Crippen LogP contribution >= 0.6 is 15.9 Å². The van der Waals surface area contributed by atoms with Crippen molar-refractivity contribution in [2.45, 2.75) is 19.1 Å². The Morgan fingerprint density at radius 3 is 2.35 bits per heavy atom. The predicted octanol–water partition coefficient (Wildman–Crippen LogP) is 4.67. The zero-order chi connectivity index (χ0) is 17.0. The molecular formula is C17H15BrF3NO. The van der Waals surface area contributed by atoms with Gasteiger partial charge in [0.1, 0.15) is 0 Å². The normalized spacial score (nSPS) is 11.3. The summed E-state index contributed by atoms with van der Waals surface area (Å²) < 4.78 is 39.0. The molecule has 2 rings (SSSR count). The minimum Gasteiger partial charge on any atom is -0.341 e. The number of hydrogen-bond acceptors (Lipinski definition) is 1. The maximum absolute atomic E-state index is 12.7. The number of carbonyl (C=O) groups is 1. The van der Waals surface area contributed by atoms with Gasteiger partial charge in [0.15, 0.2) is 0 Å². The highest BCUT2D eigenvalue weighted by molar-refractivity contribution is 9.10. The fourth-order valence-corrected chi connectivity index (χ4v) is 2.38. The Labute approximate surface area is 141 Å². The van der Waals surface area contributed by atoms with Gasteiger partial charge in [-0.1, -0.05) is 46.3 Å². The van der Waals surface area contributed by atoms with Gasteiger partial charge in [-0.15, -0.1) is 0 Å². The minimum absolute atomic E-state index is 0.0586. The second-order valence-corrected chi connectivity index (χ2v) is 6.17. The van der Waals surface area contributed by atoms with E-state index in [-0.39, 0.29) is 12.3 Å². The maximum Gasteiger partial charge on any atom is 0.416 e. The zero-order valence-electron chi connectivity index (χ0n) is 12.4. The van der Waals surface area contributed by atoms with Crippen LogP contribution in [0.5, 0.6) is 0 Å². The molecule has 0 aromatic heterocycles. The van der Waals surface area contributed by atoms with E-state index >= 15 is 0 Å². The highest BCUT2D eigenvalue weighted by Crippen LogP contribution is 2.29. The Morgan fingerprint density at radius 2 is 1.74 bits per heavy atom. The summed E-state index contributed by atoms with van der Waals surface area (Å²) in [6.45, 7) is 0.408. The third kappa shape index (κ3) is 5.10. The summed E-state index contributed by atoms with van der Waals surface area (Å²) >= 11 is 3.34. The van der Waals surface area contributed by atoms with Crippen molar-refractivity contribution in [1.29, 1.82) is 0 Å². The van der Waals surface area contributed by atoms with Gasteiger partial charge in [-0.2, -0.15) is 13.2 Å². The topological polar surface area (TPSA) is 20.3 Å². The van der Waals surface area contributed by atoms with Crippen molar-refractivity contribution in [3.8, 4) is 0 Å². The Hall–Kier alpha value is -1.82. The second-order valence-electron chi connectivity index (χ2n) is 5.25. The first-order chi connectivity index (χ1) is 10.8. The second kappa shape index (κ2) is 7.17. The molecule has 0 atom stereocenters. The molecular weight excluding hydrogens is 371 g/mol. The molecule has 6 heteroatoms. The number of likely N-dealkylation sites (N-methyl/N-ethyl adjacent to an activating group) is 1. The molecule has 2 nitrogen and oxygen atoms in total. The molecule has 0 spiro atoms. The molecule has 0 aliphatic heterocycles. The van der Waals surface area contributed by atoms with Crippen LogP contribution in [0.2, 0.25) is 0 Å².